The lowest BCUT2D eigenvalue weighted by molar-refractivity contribution is -0.136. The lowest BCUT2D eigenvalue weighted by atomic mass is 9.95. The third-order valence-electron chi connectivity index (χ3n) is 6.03. The van der Waals surface area contributed by atoms with Crippen molar-refractivity contribution in [3.8, 4) is 5.75 Å². The van der Waals surface area contributed by atoms with Gasteiger partial charge in [-0.15, -0.1) is 0 Å². The Morgan fingerprint density at radius 3 is 2.44 bits per heavy atom. The number of para-hydroxylation sites is 1. The van der Waals surface area contributed by atoms with Crippen molar-refractivity contribution < 1.29 is 23.5 Å². The molecule has 34 heavy (non-hydrogen) atoms. The van der Waals surface area contributed by atoms with Gasteiger partial charge in [-0.3, -0.25) is 4.90 Å². The number of carbonyl (C=O) groups is 2. The molecule has 2 aliphatic rings. The van der Waals surface area contributed by atoms with E-state index in [9.17, 15) is 14.0 Å². The number of nitrogens with zero attached hydrogens (tertiary/aromatic N) is 2. The summed E-state index contributed by atoms with van der Waals surface area (Å²) in [5, 5.41) is 5.63. The van der Waals surface area contributed by atoms with E-state index >= 15 is 0 Å². The molecule has 2 aromatic rings. The number of hydrogen-bond acceptors (Lipinski definition) is 6. The van der Waals surface area contributed by atoms with Gasteiger partial charge in [0, 0.05) is 38.4 Å². The highest BCUT2D eigenvalue weighted by Gasteiger charge is 2.34. The van der Waals surface area contributed by atoms with Crippen LogP contribution in [0, 0.1) is 5.82 Å². The van der Waals surface area contributed by atoms with Gasteiger partial charge in [0.15, 0.2) is 0 Å². The Balaban J connectivity index is 1.54. The van der Waals surface area contributed by atoms with Crippen LogP contribution in [0.15, 0.2) is 59.8 Å². The largest absolute Gasteiger partial charge is 0.494 e. The van der Waals surface area contributed by atoms with Crippen molar-refractivity contribution in [1.82, 2.24) is 15.5 Å². The highest BCUT2D eigenvalue weighted by Crippen LogP contribution is 2.29. The zero-order chi connectivity index (χ0) is 24.1. The van der Waals surface area contributed by atoms with Crippen LogP contribution in [0.2, 0.25) is 0 Å². The topological polar surface area (TPSA) is 83.1 Å². The molecule has 1 saturated heterocycles. The van der Waals surface area contributed by atoms with Crippen molar-refractivity contribution in [1.29, 1.82) is 0 Å². The Bertz CT molecular complexity index is 1060. The first-order valence-electron chi connectivity index (χ1n) is 11.3. The fraction of sp³-hybridized carbons (Fsp3) is 0.360. The van der Waals surface area contributed by atoms with Gasteiger partial charge in [-0.25, -0.2) is 14.0 Å². The predicted molar refractivity (Wildman–Crippen MR) is 126 cm³/mol. The van der Waals surface area contributed by atoms with E-state index in [2.05, 4.69) is 15.5 Å². The number of anilines is 1. The third-order valence-corrected chi connectivity index (χ3v) is 6.03. The summed E-state index contributed by atoms with van der Waals surface area (Å²) in [7, 11) is 1.33. The average Bonchev–Trinajstić information content (AvgIpc) is 2.85. The fourth-order valence-electron chi connectivity index (χ4n) is 4.35. The molecule has 0 spiro atoms. The van der Waals surface area contributed by atoms with E-state index in [0.717, 1.165) is 5.56 Å². The number of urea groups is 1. The van der Waals surface area contributed by atoms with Gasteiger partial charge in [0.2, 0.25) is 0 Å². The molecule has 2 aromatic carbocycles. The van der Waals surface area contributed by atoms with E-state index in [-0.39, 0.29) is 11.8 Å². The van der Waals surface area contributed by atoms with Gasteiger partial charge in [0.25, 0.3) is 0 Å². The lowest BCUT2D eigenvalue weighted by Crippen LogP contribution is -2.51. The van der Waals surface area contributed by atoms with Crippen LogP contribution in [0.5, 0.6) is 5.75 Å². The Kier molecular flexibility index (Phi) is 7.32. The number of methoxy groups -OCH3 is 1. The number of halogens is 1. The fourth-order valence-corrected chi connectivity index (χ4v) is 4.35. The zero-order valence-corrected chi connectivity index (χ0v) is 19.3. The maximum Gasteiger partial charge on any atom is 0.338 e. The molecule has 2 heterocycles. The lowest BCUT2D eigenvalue weighted by Gasteiger charge is -2.38. The molecular weight excluding hydrogens is 439 g/mol. The number of hydrogen-bond donors (Lipinski definition) is 2. The molecule has 1 atom stereocenters. The molecule has 0 aromatic heterocycles. The van der Waals surface area contributed by atoms with Gasteiger partial charge in [-0.2, -0.15) is 0 Å². The van der Waals surface area contributed by atoms with E-state index in [0.29, 0.717) is 62.0 Å². The monoisotopic (exact) mass is 468 g/mol. The molecule has 0 radical (unpaired) electrons. The molecule has 0 aliphatic carbocycles. The summed E-state index contributed by atoms with van der Waals surface area (Å²) < 4.78 is 24.7. The quantitative estimate of drug-likeness (QED) is 0.608. The van der Waals surface area contributed by atoms with Crippen molar-refractivity contribution in [2.45, 2.75) is 13.0 Å². The molecular formula is C25H29FN4O4. The van der Waals surface area contributed by atoms with Gasteiger partial charge in [-0.05, 0) is 36.8 Å². The van der Waals surface area contributed by atoms with E-state index in [1.165, 1.54) is 13.2 Å². The number of amides is 2. The summed E-state index contributed by atoms with van der Waals surface area (Å²) in [6, 6.07) is 13.0. The van der Waals surface area contributed by atoms with Crippen molar-refractivity contribution >= 4 is 17.7 Å². The van der Waals surface area contributed by atoms with Crippen LogP contribution in [0.1, 0.15) is 18.5 Å². The SMILES string of the molecule is CCOc1ccc([C@H]2NC(=O)NC(CN3CCN(c4ccccc4F)CC3)=C2C(=O)OC)cc1. The van der Waals surface area contributed by atoms with Crippen LogP contribution in [0.4, 0.5) is 14.9 Å². The molecule has 180 valence electrons. The molecule has 0 saturated carbocycles. The summed E-state index contributed by atoms with van der Waals surface area (Å²) in [6.45, 7) is 5.40. The Morgan fingerprint density at radius 1 is 1.09 bits per heavy atom. The molecule has 9 heteroatoms. The second-order valence-electron chi connectivity index (χ2n) is 8.13. The highest BCUT2D eigenvalue weighted by atomic mass is 19.1. The second-order valence-corrected chi connectivity index (χ2v) is 8.13. The van der Waals surface area contributed by atoms with Crippen LogP contribution in [0.25, 0.3) is 0 Å². The summed E-state index contributed by atoms with van der Waals surface area (Å²) >= 11 is 0. The summed E-state index contributed by atoms with van der Waals surface area (Å²) in [5.74, 6) is -0.0371. The van der Waals surface area contributed by atoms with Crippen LogP contribution < -0.4 is 20.3 Å². The maximum atomic E-state index is 14.2. The maximum absolute atomic E-state index is 14.2. The van der Waals surface area contributed by atoms with Crippen LogP contribution in [-0.2, 0) is 9.53 Å². The smallest absolute Gasteiger partial charge is 0.338 e. The number of carbonyl (C=O) groups excluding carboxylic acids is 2. The summed E-state index contributed by atoms with van der Waals surface area (Å²) in [6.07, 6.45) is 0. The first-order chi connectivity index (χ1) is 16.5. The van der Waals surface area contributed by atoms with E-state index in [1.54, 1.807) is 12.1 Å². The third kappa shape index (κ3) is 5.14. The normalized spacial score (nSPS) is 18.9. The van der Waals surface area contributed by atoms with E-state index in [4.69, 9.17) is 9.47 Å². The molecule has 2 N–H and O–H groups in total. The number of nitrogens with one attached hydrogen (secondary N) is 2. The van der Waals surface area contributed by atoms with E-state index in [1.807, 2.05) is 42.2 Å². The van der Waals surface area contributed by atoms with Crippen LogP contribution in [0.3, 0.4) is 0 Å². The minimum absolute atomic E-state index is 0.240. The van der Waals surface area contributed by atoms with Crippen molar-refractivity contribution in [2.24, 2.45) is 0 Å². The Hall–Kier alpha value is -3.59. The second kappa shape index (κ2) is 10.6. The predicted octanol–water partition coefficient (Wildman–Crippen LogP) is 2.83. The van der Waals surface area contributed by atoms with Gasteiger partial charge in [0.05, 0.1) is 31.0 Å². The first-order valence-corrected chi connectivity index (χ1v) is 11.3. The van der Waals surface area contributed by atoms with E-state index < -0.39 is 12.0 Å². The Labute approximate surface area is 198 Å². The summed E-state index contributed by atoms with van der Waals surface area (Å²) in [5.41, 5.74) is 2.21. The number of esters is 1. The minimum Gasteiger partial charge on any atom is -0.494 e. The van der Waals surface area contributed by atoms with Gasteiger partial charge in [-0.1, -0.05) is 24.3 Å². The van der Waals surface area contributed by atoms with Gasteiger partial charge < -0.3 is 25.0 Å². The number of ether oxygens (including phenoxy) is 2. The number of benzene rings is 2. The summed E-state index contributed by atoms with van der Waals surface area (Å²) in [4.78, 5) is 29.4. The number of rotatable bonds is 7. The molecule has 0 unspecified atom stereocenters. The van der Waals surface area contributed by atoms with Crippen molar-refractivity contribution in [3.05, 3.63) is 71.2 Å². The molecule has 2 aliphatic heterocycles. The highest BCUT2D eigenvalue weighted by molar-refractivity contribution is 5.95. The molecule has 0 bridgehead atoms. The average molecular weight is 469 g/mol. The Morgan fingerprint density at radius 2 is 1.79 bits per heavy atom. The van der Waals surface area contributed by atoms with Gasteiger partial charge in [0.1, 0.15) is 11.6 Å². The molecule has 8 nitrogen and oxygen atoms in total. The standard InChI is InChI=1S/C25H29FN4O4/c1-3-34-18-10-8-17(9-11-18)23-22(24(31)33-2)20(27-25(32)28-23)16-29-12-14-30(15-13-29)21-7-5-4-6-19(21)26/h4-11,23H,3,12-16H2,1-2H3,(H2,27,28,32)/t23-/m1/s1. The molecule has 2 amide bonds. The zero-order valence-electron chi connectivity index (χ0n) is 19.3. The molecule has 4 rings (SSSR count). The van der Waals surface area contributed by atoms with Crippen LogP contribution >= 0.6 is 0 Å². The van der Waals surface area contributed by atoms with Gasteiger partial charge >= 0.3 is 12.0 Å². The minimum atomic E-state index is -0.647. The first kappa shape index (κ1) is 23.6. The van der Waals surface area contributed by atoms with Crippen molar-refractivity contribution in [3.63, 3.8) is 0 Å². The number of piperazine rings is 1. The van der Waals surface area contributed by atoms with Crippen LogP contribution in [-0.4, -0.2) is 63.3 Å². The van der Waals surface area contributed by atoms with Crippen molar-refractivity contribution in [2.75, 3.05) is 51.3 Å². The molecule has 1 fully saturated rings.